The highest BCUT2D eigenvalue weighted by Crippen LogP contribution is 2.20. The van der Waals surface area contributed by atoms with E-state index >= 15 is 0 Å². The molecule has 4 heteroatoms. The normalized spacial score (nSPS) is 13.1. The standard InChI is InChI=1S/C15H24N2O2/c1-10-12(6-5-7-13(10)16)14(19)17-9-11(18)8-15(2,3)4/h5-7,11,18H,8-9,16H2,1-4H3,(H,17,19). The highest BCUT2D eigenvalue weighted by molar-refractivity contribution is 5.96. The predicted octanol–water partition coefficient (Wildman–Crippen LogP) is 2.10. The Morgan fingerprint density at radius 3 is 2.63 bits per heavy atom. The predicted molar refractivity (Wildman–Crippen MR) is 78.0 cm³/mol. The summed E-state index contributed by atoms with van der Waals surface area (Å²) in [4.78, 5) is 12.0. The van der Waals surface area contributed by atoms with E-state index in [1.54, 1.807) is 18.2 Å². The molecule has 0 fully saturated rings. The van der Waals surface area contributed by atoms with Crippen LogP contribution in [-0.2, 0) is 0 Å². The van der Waals surface area contributed by atoms with Crippen LogP contribution in [0.2, 0.25) is 0 Å². The van der Waals surface area contributed by atoms with Crippen LogP contribution in [0.1, 0.15) is 43.1 Å². The van der Waals surface area contributed by atoms with Crippen molar-refractivity contribution in [1.82, 2.24) is 5.32 Å². The summed E-state index contributed by atoms with van der Waals surface area (Å²) in [5, 5.41) is 12.6. The van der Waals surface area contributed by atoms with Crippen LogP contribution >= 0.6 is 0 Å². The molecule has 19 heavy (non-hydrogen) atoms. The maximum absolute atomic E-state index is 12.0. The van der Waals surface area contributed by atoms with Gasteiger partial charge in [0, 0.05) is 17.8 Å². The first-order valence-corrected chi connectivity index (χ1v) is 6.52. The first-order valence-electron chi connectivity index (χ1n) is 6.52. The van der Waals surface area contributed by atoms with Crippen molar-refractivity contribution in [3.05, 3.63) is 29.3 Å². The SMILES string of the molecule is Cc1c(N)cccc1C(=O)NCC(O)CC(C)(C)C. The number of nitrogens with one attached hydrogen (secondary N) is 1. The minimum atomic E-state index is -0.537. The van der Waals surface area contributed by atoms with Gasteiger partial charge in [-0.3, -0.25) is 4.79 Å². The number of carbonyl (C=O) groups is 1. The second-order valence-electron chi connectivity index (χ2n) is 6.15. The molecule has 0 heterocycles. The van der Waals surface area contributed by atoms with Gasteiger partial charge in [-0.1, -0.05) is 26.8 Å². The Morgan fingerprint density at radius 1 is 1.42 bits per heavy atom. The molecule has 0 spiro atoms. The number of hydrogen-bond donors (Lipinski definition) is 3. The molecule has 1 atom stereocenters. The van der Waals surface area contributed by atoms with Crippen molar-refractivity contribution in [2.24, 2.45) is 5.41 Å². The molecule has 4 nitrogen and oxygen atoms in total. The lowest BCUT2D eigenvalue weighted by molar-refractivity contribution is 0.0868. The lowest BCUT2D eigenvalue weighted by Crippen LogP contribution is -2.34. The van der Waals surface area contributed by atoms with Crippen molar-refractivity contribution < 1.29 is 9.90 Å². The van der Waals surface area contributed by atoms with Gasteiger partial charge in [-0.15, -0.1) is 0 Å². The van der Waals surface area contributed by atoms with Gasteiger partial charge in [-0.05, 0) is 36.5 Å². The van der Waals surface area contributed by atoms with E-state index in [1.165, 1.54) is 0 Å². The maximum atomic E-state index is 12.0. The largest absolute Gasteiger partial charge is 0.398 e. The summed E-state index contributed by atoms with van der Waals surface area (Å²) in [6.07, 6.45) is 0.105. The molecule has 0 bridgehead atoms. The van der Waals surface area contributed by atoms with E-state index in [-0.39, 0.29) is 17.9 Å². The van der Waals surface area contributed by atoms with Gasteiger partial charge in [0.2, 0.25) is 0 Å². The Bertz CT molecular complexity index is 450. The molecular formula is C15H24N2O2. The number of nitrogens with two attached hydrogens (primary N) is 1. The summed E-state index contributed by atoms with van der Waals surface area (Å²) in [7, 11) is 0. The minimum Gasteiger partial charge on any atom is -0.398 e. The maximum Gasteiger partial charge on any atom is 0.251 e. The first kappa shape index (κ1) is 15.5. The van der Waals surface area contributed by atoms with Crippen LogP contribution in [0.15, 0.2) is 18.2 Å². The third-order valence-electron chi connectivity index (χ3n) is 2.97. The van der Waals surface area contributed by atoms with E-state index < -0.39 is 6.10 Å². The van der Waals surface area contributed by atoms with Crippen molar-refractivity contribution in [2.75, 3.05) is 12.3 Å². The number of aliphatic hydroxyl groups is 1. The van der Waals surface area contributed by atoms with Crippen LogP contribution in [0.3, 0.4) is 0 Å². The average Bonchev–Trinajstić information content (AvgIpc) is 2.27. The molecule has 106 valence electrons. The molecule has 1 unspecified atom stereocenters. The fourth-order valence-corrected chi connectivity index (χ4v) is 1.98. The second-order valence-corrected chi connectivity index (χ2v) is 6.15. The first-order chi connectivity index (χ1) is 8.70. The van der Waals surface area contributed by atoms with E-state index in [1.807, 2.05) is 6.92 Å². The van der Waals surface area contributed by atoms with Gasteiger partial charge in [0.15, 0.2) is 0 Å². The minimum absolute atomic E-state index is 0.0389. The fourth-order valence-electron chi connectivity index (χ4n) is 1.98. The van der Waals surface area contributed by atoms with E-state index in [0.29, 0.717) is 17.7 Å². The summed E-state index contributed by atoms with van der Waals surface area (Å²) in [5.41, 5.74) is 7.73. The quantitative estimate of drug-likeness (QED) is 0.729. The van der Waals surface area contributed by atoms with E-state index in [0.717, 1.165) is 5.56 Å². The molecule has 1 amide bonds. The number of amides is 1. The van der Waals surface area contributed by atoms with Crippen LogP contribution in [0.4, 0.5) is 5.69 Å². The van der Waals surface area contributed by atoms with Crippen molar-refractivity contribution in [2.45, 2.75) is 40.2 Å². The molecule has 0 aromatic heterocycles. The van der Waals surface area contributed by atoms with Crippen LogP contribution in [0.5, 0.6) is 0 Å². The van der Waals surface area contributed by atoms with Crippen molar-refractivity contribution in [1.29, 1.82) is 0 Å². The molecule has 0 aliphatic rings. The molecular weight excluding hydrogens is 240 g/mol. The van der Waals surface area contributed by atoms with Gasteiger partial charge >= 0.3 is 0 Å². The number of benzene rings is 1. The third-order valence-corrected chi connectivity index (χ3v) is 2.97. The fraction of sp³-hybridized carbons (Fsp3) is 0.533. The molecule has 0 aliphatic carbocycles. The van der Waals surface area contributed by atoms with Crippen molar-refractivity contribution in [3.63, 3.8) is 0 Å². The number of anilines is 1. The zero-order chi connectivity index (χ0) is 14.6. The van der Waals surface area contributed by atoms with Crippen molar-refractivity contribution in [3.8, 4) is 0 Å². The number of aliphatic hydroxyl groups excluding tert-OH is 1. The van der Waals surface area contributed by atoms with E-state index in [4.69, 9.17) is 5.73 Å². The number of hydrogen-bond acceptors (Lipinski definition) is 3. The number of carbonyl (C=O) groups excluding carboxylic acids is 1. The van der Waals surface area contributed by atoms with Crippen LogP contribution in [-0.4, -0.2) is 23.7 Å². The lowest BCUT2D eigenvalue weighted by Gasteiger charge is -2.22. The van der Waals surface area contributed by atoms with Crippen LogP contribution in [0, 0.1) is 12.3 Å². The lowest BCUT2D eigenvalue weighted by atomic mass is 9.89. The highest BCUT2D eigenvalue weighted by Gasteiger charge is 2.18. The molecule has 0 radical (unpaired) electrons. The summed E-state index contributed by atoms with van der Waals surface area (Å²) < 4.78 is 0. The smallest absolute Gasteiger partial charge is 0.251 e. The second kappa shape index (κ2) is 6.06. The molecule has 0 aliphatic heterocycles. The molecule has 0 saturated carbocycles. The summed E-state index contributed by atoms with van der Waals surface area (Å²) in [6, 6.07) is 5.25. The van der Waals surface area contributed by atoms with Gasteiger partial charge in [0.05, 0.1) is 6.10 Å². The van der Waals surface area contributed by atoms with Gasteiger partial charge in [0.1, 0.15) is 0 Å². The summed E-state index contributed by atoms with van der Waals surface area (Å²) in [6.45, 7) is 8.24. The number of nitrogen functional groups attached to an aromatic ring is 1. The zero-order valence-corrected chi connectivity index (χ0v) is 12.2. The number of rotatable bonds is 4. The molecule has 0 saturated heterocycles. The Balaban J connectivity index is 2.59. The topological polar surface area (TPSA) is 75.4 Å². The van der Waals surface area contributed by atoms with Gasteiger partial charge < -0.3 is 16.2 Å². The Morgan fingerprint density at radius 2 is 2.05 bits per heavy atom. The monoisotopic (exact) mass is 264 g/mol. The van der Waals surface area contributed by atoms with Gasteiger partial charge in [-0.25, -0.2) is 0 Å². The Kier molecular flexibility index (Phi) is 4.95. The molecule has 4 N–H and O–H groups in total. The summed E-state index contributed by atoms with van der Waals surface area (Å²) in [5.74, 6) is -0.197. The Hall–Kier alpha value is -1.55. The average molecular weight is 264 g/mol. The third kappa shape index (κ3) is 4.91. The van der Waals surface area contributed by atoms with E-state index in [2.05, 4.69) is 26.1 Å². The van der Waals surface area contributed by atoms with Gasteiger partial charge in [0.25, 0.3) is 5.91 Å². The van der Waals surface area contributed by atoms with Crippen LogP contribution < -0.4 is 11.1 Å². The Labute approximate surface area is 115 Å². The molecule has 1 rings (SSSR count). The highest BCUT2D eigenvalue weighted by atomic mass is 16.3. The van der Waals surface area contributed by atoms with Crippen molar-refractivity contribution >= 4 is 11.6 Å². The molecule has 1 aromatic carbocycles. The van der Waals surface area contributed by atoms with Crippen LogP contribution in [0.25, 0.3) is 0 Å². The van der Waals surface area contributed by atoms with Gasteiger partial charge in [-0.2, -0.15) is 0 Å². The van der Waals surface area contributed by atoms with E-state index in [9.17, 15) is 9.90 Å². The summed E-state index contributed by atoms with van der Waals surface area (Å²) >= 11 is 0. The zero-order valence-electron chi connectivity index (χ0n) is 12.2. The molecule has 1 aromatic rings.